The summed E-state index contributed by atoms with van der Waals surface area (Å²) in [5, 5.41) is 11.9. The van der Waals surface area contributed by atoms with Crippen molar-refractivity contribution in [2.75, 3.05) is 5.32 Å². The first-order valence-electron chi connectivity index (χ1n) is 6.72. The van der Waals surface area contributed by atoms with Gasteiger partial charge in [0.15, 0.2) is 0 Å². The molecule has 0 atom stereocenters. The van der Waals surface area contributed by atoms with E-state index in [0.717, 1.165) is 17.3 Å². The molecule has 2 rings (SSSR count). The average molecular weight is 343 g/mol. The monoisotopic (exact) mass is 342 g/mol. The van der Waals surface area contributed by atoms with E-state index in [2.05, 4.69) is 39.4 Å². The molecule has 0 aliphatic carbocycles. The van der Waals surface area contributed by atoms with Crippen LogP contribution in [0.25, 0.3) is 0 Å². The molecule has 4 heteroatoms. The van der Waals surface area contributed by atoms with Crippen LogP contribution in [0.15, 0.2) is 53.0 Å². The first kappa shape index (κ1) is 15.3. The molecular formula is C17H15BrN2O. The summed E-state index contributed by atoms with van der Waals surface area (Å²) in [6, 6.07) is 17.4. The number of hydrogen-bond donors (Lipinski definition) is 1. The van der Waals surface area contributed by atoms with Crippen LogP contribution < -0.4 is 5.32 Å². The highest BCUT2D eigenvalue weighted by Crippen LogP contribution is 2.20. The highest BCUT2D eigenvalue weighted by molar-refractivity contribution is 9.10. The lowest BCUT2D eigenvalue weighted by Crippen LogP contribution is -2.12. The number of nitriles is 1. The van der Waals surface area contributed by atoms with Crippen LogP contribution in [0.1, 0.15) is 24.0 Å². The number of carbonyl (C=O) groups is 1. The molecule has 0 radical (unpaired) electrons. The van der Waals surface area contributed by atoms with E-state index < -0.39 is 0 Å². The zero-order valence-corrected chi connectivity index (χ0v) is 13.1. The number of carbonyl (C=O) groups excluding carboxylic acids is 1. The lowest BCUT2D eigenvalue weighted by molar-refractivity contribution is -0.116. The summed E-state index contributed by atoms with van der Waals surface area (Å²) in [6.07, 6.45) is 2.10. The second-order valence-electron chi connectivity index (χ2n) is 4.69. The summed E-state index contributed by atoms with van der Waals surface area (Å²) in [5.41, 5.74) is 2.25. The number of hydrogen-bond acceptors (Lipinski definition) is 2. The third kappa shape index (κ3) is 4.73. The van der Waals surface area contributed by atoms with E-state index in [0.29, 0.717) is 17.7 Å². The molecule has 0 heterocycles. The van der Waals surface area contributed by atoms with Crippen molar-refractivity contribution in [2.24, 2.45) is 0 Å². The van der Waals surface area contributed by atoms with Crippen LogP contribution in [-0.2, 0) is 11.2 Å². The number of halogens is 1. The van der Waals surface area contributed by atoms with Crippen LogP contribution >= 0.6 is 15.9 Å². The second-order valence-corrected chi connectivity index (χ2v) is 5.60. The minimum absolute atomic E-state index is 0.0650. The van der Waals surface area contributed by atoms with Gasteiger partial charge in [0.05, 0.1) is 11.3 Å². The number of amides is 1. The Kier molecular flexibility index (Phi) is 5.53. The molecule has 0 aromatic heterocycles. The Morgan fingerprint density at radius 2 is 1.95 bits per heavy atom. The van der Waals surface area contributed by atoms with Crippen molar-refractivity contribution in [1.29, 1.82) is 5.26 Å². The third-order valence-corrected chi connectivity index (χ3v) is 3.58. The van der Waals surface area contributed by atoms with Gasteiger partial charge in [0.25, 0.3) is 0 Å². The average Bonchev–Trinajstić information content (AvgIpc) is 2.50. The molecule has 0 unspecified atom stereocenters. The molecule has 0 saturated carbocycles. The Morgan fingerprint density at radius 1 is 1.19 bits per heavy atom. The highest BCUT2D eigenvalue weighted by Gasteiger charge is 2.07. The van der Waals surface area contributed by atoms with Gasteiger partial charge in [-0.3, -0.25) is 4.79 Å². The Morgan fingerprint density at radius 3 is 2.67 bits per heavy atom. The first-order chi connectivity index (χ1) is 10.2. The van der Waals surface area contributed by atoms with E-state index in [-0.39, 0.29) is 5.91 Å². The van der Waals surface area contributed by atoms with Crippen molar-refractivity contribution in [2.45, 2.75) is 19.3 Å². The van der Waals surface area contributed by atoms with Crippen LogP contribution in [-0.4, -0.2) is 5.91 Å². The molecular weight excluding hydrogens is 328 g/mol. The van der Waals surface area contributed by atoms with Crippen LogP contribution in [0.3, 0.4) is 0 Å². The topological polar surface area (TPSA) is 52.9 Å². The summed E-state index contributed by atoms with van der Waals surface area (Å²) in [7, 11) is 0. The maximum atomic E-state index is 11.9. The molecule has 0 aliphatic rings. The molecule has 21 heavy (non-hydrogen) atoms. The van der Waals surface area contributed by atoms with E-state index in [1.807, 2.05) is 18.2 Å². The van der Waals surface area contributed by atoms with E-state index in [1.54, 1.807) is 18.2 Å². The molecule has 0 spiro atoms. The molecule has 1 N–H and O–H groups in total. The molecule has 1 amide bonds. The minimum Gasteiger partial charge on any atom is -0.325 e. The van der Waals surface area contributed by atoms with Crippen LogP contribution in [0.4, 0.5) is 5.69 Å². The van der Waals surface area contributed by atoms with Crippen molar-refractivity contribution in [3.05, 3.63) is 64.1 Å². The molecule has 0 saturated heterocycles. The zero-order chi connectivity index (χ0) is 15.1. The molecule has 2 aromatic rings. The molecule has 0 bridgehead atoms. The summed E-state index contributed by atoms with van der Waals surface area (Å²) in [5.74, 6) is -0.0650. The SMILES string of the molecule is N#Cc1cc(Br)ccc1NC(=O)CCCc1ccccc1. The predicted molar refractivity (Wildman–Crippen MR) is 86.9 cm³/mol. The van der Waals surface area contributed by atoms with Gasteiger partial charge >= 0.3 is 0 Å². The highest BCUT2D eigenvalue weighted by atomic mass is 79.9. The van der Waals surface area contributed by atoms with Gasteiger partial charge in [-0.2, -0.15) is 5.26 Å². The molecule has 3 nitrogen and oxygen atoms in total. The first-order valence-corrected chi connectivity index (χ1v) is 7.52. The zero-order valence-electron chi connectivity index (χ0n) is 11.5. The van der Waals surface area contributed by atoms with E-state index >= 15 is 0 Å². The number of nitrogens with zero attached hydrogens (tertiary/aromatic N) is 1. The van der Waals surface area contributed by atoms with Crippen LogP contribution in [0, 0.1) is 11.3 Å². The summed E-state index contributed by atoms with van der Waals surface area (Å²) < 4.78 is 0.820. The van der Waals surface area contributed by atoms with Gasteiger partial charge in [0.1, 0.15) is 6.07 Å². The van der Waals surface area contributed by atoms with Crippen molar-refractivity contribution in [1.82, 2.24) is 0 Å². The fourth-order valence-corrected chi connectivity index (χ4v) is 2.39. The van der Waals surface area contributed by atoms with Crippen molar-refractivity contribution in [3.63, 3.8) is 0 Å². The number of rotatable bonds is 5. The fourth-order valence-electron chi connectivity index (χ4n) is 2.03. The Balaban J connectivity index is 1.86. The Hall–Kier alpha value is -2.12. The third-order valence-electron chi connectivity index (χ3n) is 3.09. The summed E-state index contributed by atoms with van der Waals surface area (Å²) in [4.78, 5) is 11.9. The van der Waals surface area contributed by atoms with E-state index in [1.165, 1.54) is 5.56 Å². The van der Waals surface area contributed by atoms with Gasteiger partial charge in [-0.1, -0.05) is 46.3 Å². The summed E-state index contributed by atoms with van der Waals surface area (Å²) in [6.45, 7) is 0. The minimum atomic E-state index is -0.0650. The summed E-state index contributed by atoms with van der Waals surface area (Å²) >= 11 is 3.31. The number of benzene rings is 2. The molecule has 0 fully saturated rings. The maximum Gasteiger partial charge on any atom is 0.224 e. The number of anilines is 1. The van der Waals surface area contributed by atoms with Gasteiger partial charge in [0.2, 0.25) is 5.91 Å². The second kappa shape index (κ2) is 7.61. The Bertz CT molecular complexity index is 662. The van der Waals surface area contributed by atoms with Crippen molar-refractivity contribution in [3.8, 4) is 6.07 Å². The predicted octanol–water partition coefficient (Wildman–Crippen LogP) is 4.28. The molecule has 106 valence electrons. The van der Waals surface area contributed by atoms with Crippen molar-refractivity contribution >= 4 is 27.5 Å². The lowest BCUT2D eigenvalue weighted by atomic mass is 10.1. The van der Waals surface area contributed by atoms with Gasteiger partial charge in [-0.05, 0) is 36.6 Å². The fraction of sp³-hybridized carbons (Fsp3) is 0.176. The lowest BCUT2D eigenvalue weighted by Gasteiger charge is -2.07. The molecule has 0 aliphatic heterocycles. The van der Waals surface area contributed by atoms with Gasteiger partial charge in [-0.25, -0.2) is 0 Å². The smallest absolute Gasteiger partial charge is 0.224 e. The van der Waals surface area contributed by atoms with Gasteiger partial charge in [0, 0.05) is 10.9 Å². The number of aryl methyl sites for hydroxylation is 1. The van der Waals surface area contributed by atoms with Crippen LogP contribution in [0.2, 0.25) is 0 Å². The standard InChI is InChI=1S/C17H15BrN2O/c18-15-9-10-16(14(11-15)12-19)20-17(21)8-4-7-13-5-2-1-3-6-13/h1-3,5-6,9-11H,4,7-8H2,(H,20,21). The van der Waals surface area contributed by atoms with Crippen molar-refractivity contribution < 1.29 is 4.79 Å². The number of nitrogens with one attached hydrogen (secondary N) is 1. The largest absolute Gasteiger partial charge is 0.325 e. The van der Waals surface area contributed by atoms with Gasteiger partial charge in [-0.15, -0.1) is 0 Å². The van der Waals surface area contributed by atoms with Gasteiger partial charge < -0.3 is 5.32 Å². The van der Waals surface area contributed by atoms with E-state index in [4.69, 9.17) is 5.26 Å². The Labute approximate surface area is 132 Å². The normalized spacial score (nSPS) is 9.90. The van der Waals surface area contributed by atoms with E-state index in [9.17, 15) is 4.79 Å². The van der Waals surface area contributed by atoms with Crippen LogP contribution in [0.5, 0.6) is 0 Å². The maximum absolute atomic E-state index is 11.9. The molecule has 2 aromatic carbocycles. The quantitative estimate of drug-likeness (QED) is 0.881.